The van der Waals surface area contributed by atoms with E-state index in [9.17, 15) is 4.79 Å². The standard InChI is InChI=1S/C16H24ClNO/c1-4-5-14(8-9-17)11-18-16(19)15-10-12(2)6-7-13(15)3/h6-7,10,14H,4-5,8-9,11H2,1-3H3,(H,18,19). The molecule has 0 saturated carbocycles. The summed E-state index contributed by atoms with van der Waals surface area (Å²) in [6, 6.07) is 5.97. The lowest BCUT2D eigenvalue weighted by Crippen LogP contribution is -2.30. The van der Waals surface area contributed by atoms with Crippen molar-refractivity contribution in [3.63, 3.8) is 0 Å². The summed E-state index contributed by atoms with van der Waals surface area (Å²) in [5.74, 6) is 1.16. The van der Waals surface area contributed by atoms with Crippen molar-refractivity contribution < 1.29 is 4.79 Å². The highest BCUT2D eigenvalue weighted by Gasteiger charge is 2.12. The van der Waals surface area contributed by atoms with Crippen LogP contribution in [0.3, 0.4) is 0 Å². The maximum atomic E-state index is 12.2. The van der Waals surface area contributed by atoms with E-state index in [2.05, 4.69) is 12.2 Å². The highest BCUT2D eigenvalue weighted by atomic mass is 35.5. The average molecular weight is 282 g/mol. The Kier molecular flexibility index (Phi) is 6.93. The monoisotopic (exact) mass is 281 g/mol. The normalized spacial score (nSPS) is 12.2. The molecule has 0 spiro atoms. The summed E-state index contributed by atoms with van der Waals surface area (Å²) in [6.45, 7) is 6.85. The highest BCUT2D eigenvalue weighted by Crippen LogP contribution is 2.13. The van der Waals surface area contributed by atoms with Crippen LogP contribution in [-0.2, 0) is 0 Å². The Hall–Kier alpha value is -1.02. The van der Waals surface area contributed by atoms with Crippen molar-refractivity contribution in [3.05, 3.63) is 34.9 Å². The largest absolute Gasteiger partial charge is 0.352 e. The molecule has 0 fully saturated rings. The SMILES string of the molecule is CCCC(CCCl)CNC(=O)c1cc(C)ccc1C. The summed E-state index contributed by atoms with van der Waals surface area (Å²) in [4.78, 5) is 12.2. The Morgan fingerprint density at radius 1 is 1.32 bits per heavy atom. The number of aryl methyl sites for hydroxylation is 2. The van der Waals surface area contributed by atoms with Gasteiger partial charge in [0.1, 0.15) is 0 Å². The van der Waals surface area contributed by atoms with Gasteiger partial charge in [0.05, 0.1) is 0 Å². The van der Waals surface area contributed by atoms with Gasteiger partial charge >= 0.3 is 0 Å². The molecule has 1 aromatic rings. The summed E-state index contributed by atoms with van der Waals surface area (Å²) >= 11 is 5.80. The fourth-order valence-corrected chi connectivity index (χ4v) is 2.53. The third-order valence-electron chi connectivity index (χ3n) is 3.40. The molecule has 2 nitrogen and oxygen atoms in total. The molecule has 0 aliphatic rings. The Balaban J connectivity index is 2.61. The van der Waals surface area contributed by atoms with Crippen LogP contribution in [-0.4, -0.2) is 18.3 Å². The van der Waals surface area contributed by atoms with E-state index in [4.69, 9.17) is 11.6 Å². The van der Waals surface area contributed by atoms with E-state index in [-0.39, 0.29) is 5.91 Å². The predicted molar refractivity (Wildman–Crippen MR) is 82.0 cm³/mol. The van der Waals surface area contributed by atoms with Gasteiger partial charge in [-0.15, -0.1) is 11.6 Å². The molecule has 1 N–H and O–H groups in total. The Morgan fingerprint density at radius 3 is 2.68 bits per heavy atom. The molecule has 106 valence electrons. The molecule has 0 aromatic heterocycles. The highest BCUT2D eigenvalue weighted by molar-refractivity contribution is 6.17. The van der Waals surface area contributed by atoms with Crippen molar-refractivity contribution in [2.24, 2.45) is 5.92 Å². The zero-order valence-electron chi connectivity index (χ0n) is 12.1. The van der Waals surface area contributed by atoms with Crippen LogP contribution in [0.15, 0.2) is 18.2 Å². The van der Waals surface area contributed by atoms with E-state index < -0.39 is 0 Å². The van der Waals surface area contributed by atoms with Crippen LogP contribution < -0.4 is 5.32 Å². The molecule has 0 radical (unpaired) electrons. The minimum Gasteiger partial charge on any atom is -0.352 e. The first kappa shape index (κ1) is 16.0. The molecule has 1 aromatic carbocycles. The molecule has 0 saturated heterocycles. The van der Waals surface area contributed by atoms with Crippen LogP contribution in [0.2, 0.25) is 0 Å². The van der Waals surface area contributed by atoms with Gasteiger partial charge in [0, 0.05) is 18.0 Å². The van der Waals surface area contributed by atoms with Gasteiger partial charge in [0.25, 0.3) is 5.91 Å². The number of benzene rings is 1. The summed E-state index contributed by atoms with van der Waals surface area (Å²) < 4.78 is 0. The second kappa shape index (κ2) is 8.21. The number of nitrogens with one attached hydrogen (secondary N) is 1. The van der Waals surface area contributed by atoms with E-state index in [1.54, 1.807) is 0 Å². The molecular weight excluding hydrogens is 258 g/mol. The first-order chi connectivity index (χ1) is 9.08. The van der Waals surface area contributed by atoms with Crippen LogP contribution in [0.25, 0.3) is 0 Å². The molecule has 1 rings (SSSR count). The fraction of sp³-hybridized carbons (Fsp3) is 0.562. The lowest BCUT2D eigenvalue weighted by molar-refractivity contribution is 0.0945. The Labute approximate surface area is 121 Å². The molecular formula is C16H24ClNO. The molecule has 19 heavy (non-hydrogen) atoms. The molecule has 1 amide bonds. The number of alkyl halides is 1. The van der Waals surface area contributed by atoms with Gasteiger partial charge in [-0.25, -0.2) is 0 Å². The van der Waals surface area contributed by atoms with Crippen LogP contribution in [0.4, 0.5) is 0 Å². The zero-order valence-corrected chi connectivity index (χ0v) is 12.9. The Bertz CT molecular complexity index is 411. The van der Waals surface area contributed by atoms with Crippen molar-refractivity contribution in [1.82, 2.24) is 5.32 Å². The second-order valence-electron chi connectivity index (χ2n) is 5.16. The number of amides is 1. The molecule has 0 aliphatic heterocycles. The lowest BCUT2D eigenvalue weighted by Gasteiger charge is -2.16. The van der Waals surface area contributed by atoms with Crippen LogP contribution in [0.5, 0.6) is 0 Å². The van der Waals surface area contributed by atoms with Crippen LogP contribution >= 0.6 is 11.6 Å². The molecule has 3 heteroatoms. The van der Waals surface area contributed by atoms with Gasteiger partial charge in [-0.3, -0.25) is 4.79 Å². The molecule has 0 heterocycles. The number of rotatable bonds is 7. The first-order valence-corrected chi connectivity index (χ1v) is 7.53. The van der Waals surface area contributed by atoms with Gasteiger partial charge in [-0.2, -0.15) is 0 Å². The smallest absolute Gasteiger partial charge is 0.251 e. The maximum absolute atomic E-state index is 12.2. The van der Waals surface area contributed by atoms with Gasteiger partial charge in [-0.1, -0.05) is 31.0 Å². The van der Waals surface area contributed by atoms with Crippen LogP contribution in [0.1, 0.15) is 47.7 Å². The summed E-state index contributed by atoms with van der Waals surface area (Å²) in [5, 5.41) is 3.04. The summed E-state index contributed by atoms with van der Waals surface area (Å²) in [7, 11) is 0. The third kappa shape index (κ3) is 5.23. The van der Waals surface area contributed by atoms with E-state index in [1.807, 2.05) is 32.0 Å². The van der Waals surface area contributed by atoms with E-state index in [0.717, 1.165) is 36.0 Å². The van der Waals surface area contributed by atoms with Gasteiger partial charge in [0.15, 0.2) is 0 Å². The number of carbonyl (C=O) groups is 1. The minimum absolute atomic E-state index is 0.0249. The van der Waals surface area contributed by atoms with Gasteiger partial charge in [0.2, 0.25) is 0 Å². The number of carbonyl (C=O) groups excluding carboxylic acids is 1. The predicted octanol–water partition coefficient (Wildman–Crippen LogP) is 4.08. The van der Waals surface area contributed by atoms with E-state index in [0.29, 0.717) is 18.3 Å². The fourth-order valence-electron chi connectivity index (χ4n) is 2.22. The molecule has 0 bridgehead atoms. The number of hydrogen-bond acceptors (Lipinski definition) is 1. The lowest BCUT2D eigenvalue weighted by atomic mass is 10.00. The summed E-state index contributed by atoms with van der Waals surface area (Å²) in [6.07, 6.45) is 3.20. The summed E-state index contributed by atoms with van der Waals surface area (Å²) in [5.41, 5.74) is 2.91. The van der Waals surface area contributed by atoms with Gasteiger partial charge in [-0.05, 0) is 44.2 Å². The molecule has 0 aliphatic carbocycles. The molecule has 1 atom stereocenters. The van der Waals surface area contributed by atoms with Crippen molar-refractivity contribution in [1.29, 1.82) is 0 Å². The molecule has 1 unspecified atom stereocenters. The third-order valence-corrected chi connectivity index (χ3v) is 3.62. The Morgan fingerprint density at radius 2 is 2.05 bits per heavy atom. The van der Waals surface area contributed by atoms with Crippen molar-refractivity contribution in [2.45, 2.75) is 40.0 Å². The topological polar surface area (TPSA) is 29.1 Å². The van der Waals surface area contributed by atoms with Gasteiger partial charge < -0.3 is 5.32 Å². The number of hydrogen-bond donors (Lipinski definition) is 1. The zero-order chi connectivity index (χ0) is 14.3. The maximum Gasteiger partial charge on any atom is 0.251 e. The van der Waals surface area contributed by atoms with E-state index >= 15 is 0 Å². The second-order valence-corrected chi connectivity index (χ2v) is 5.54. The average Bonchev–Trinajstić information content (AvgIpc) is 2.39. The first-order valence-electron chi connectivity index (χ1n) is 6.99. The van der Waals surface area contributed by atoms with Crippen molar-refractivity contribution in [3.8, 4) is 0 Å². The van der Waals surface area contributed by atoms with E-state index in [1.165, 1.54) is 0 Å². The van der Waals surface area contributed by atoms with Crippen molar-refractivity contribution >= 4 is 17.5 Å². The number of halogens is 1. The van der Waals surface area contributed by atoms with Crippen LogP contribution in [0, 0.1) is 19.8 Å². The van der Waals surface area contributed by atoms with Crippen molar-refractivity contribution in [2.75, 3.05) is 12.4 Å². The quantitative estimate of drug-likeness (QED) is 0.750. The minimum atomic E-state index is 0.0249.